The minimum absolute atomic E-state index is 0.552. The molecule has 1 aliphatic rings. The van der Waals surface area contributed by atoms with Crippen molar-refractivity contribution < 1.29 is 0 Å². The molecule has 0 bridgehead atoms. The van der Waals surface area contributed by atoms with E-state index < -0.39 is 5.66 Å². The molecule has 0 aliphatic carbocycles. The maximum Gasteiger partial charge on any atom is 0.197 e. The topological polar surface area (TPSA) is 78.6 Å². The fraction of sp³-hybridized carbons (Fsp3) is 0.429. The molecule has 1 unspecified atom stereocenters. The number of pyridine rings is 1. The Kier molecular flexibility index (Phi) is 4.70. The lowest BCUT2D eigenvalue weighted by atomic mass is 10.1. The van der Waals surface area contributed by atoms with Crippen molar-refractivity contribution in [3.05, 3.63) is 42.4 Å². The van der Waals surface area contributed by atoms with Crippen LogP contribution < -0.4 is 16.4 Å². The molecule has 1 aromatic rings. The molecule has 2 rings (SSSR count). The minimum Gasteiger partial charge on any atom is -0.335 e. The Hall–Kier alpha value is -1.92. The van der Waals surface area contributed by atoms with Gasteiger partial charge >= 0.3 is 0 Å². The van der Waals surface area contributed by atoms with Crippen LogP contribution in [0.1, 0.15) is 12.0 Å². The summed E-state index contributed by atoms with van der Waals surface area (Å²) in [7, 11) is 4.07. The van der Waals surface area contributed by atoms with E-state index in [2.05, 4.69) is 25.5 Å². The highest BCUT2D eigenvalue weighted by Crippen LogP contribution is 2.08. The van der Waals surface area contributed by atoms with Crippen LogP contribution in [-0.4, -0.2) is 42.1 Å². The molecule has 0 amide bonds. The molecule has 1 aromatic heterocycles. The van der Waals surface area contributed by atoms with Crippen molar-refractivity contribution in [3.63, 3.8) is 0 Å². The van der Waals surface area contributed by atoms with Crippen LogP contribution in [0.15, 0.2) is 41.8 Å². The van der Waals surface area contributed by atoms with Gasteiger partial charge in [-0.1, -0.05) is 6.07 Å². The van der Waals surface area contributed by atoms with Gasteiger partial charge < -0.3 is 21.3 Å². The van der Waals surface area contributed by atoms with Crippen LogP contribution in [0.5, 0.6) is 0 Å². The van der Waals surface area contributed by atoms with Crippen molar-refractivity contribution in [3.8, 4) is 0 Å². The van der Waals surface area contributed by atoms with Crippen LogP contribution in [0.3, 0.4) is 0 Å². The number of guanidine groups is 1. The number of nitrogens with two attached hydrogens (primary N) is 1. The maximum absolute atomic E-state index is 6.31. The van der Waals surface area contributed by atoms with Gasteiger partial charge in [0.05, 0.1) is 6.54 Å². The molecule has 0 fully saturated rings. The van der Waals surface area contributed by atoms with E-state index in [-0.39, 0.29) is 0 Å². The number of rotatable bonds is 5. The van der Waals surface area contributed by atoms with Gasteiger partial charge in [-0.2, -0.15) is 0 Å². The lowest BCUT2D eigenvalue weighted by Crippen LogP contribution is -2.60. The molecule has 0 spiro atoms. The summed E-state index contributed by atoms with van der Waals surface area (Å²) in [5.41, 5.74) is 6.82. The fourth-order valence-corrected chi connectivity index (χ4v) is 1.87. The molecule has 0 saturated carbocycles. The molecule has 20 heavy (non-hydrogen) atoms. The predicted molar refractivity (Wildman–Crippen MR) is 80.9 cm³/mol. The van der Waals surface area contributed by atoms with Crippen molar-refractivity contribution >= 4 is 5.96 Å². The first-order valence-corrected chi connectivity index (χ1v) is 6.67. The standard InChI is InChI=1S/C14H22N6/c1-20(2)9-6-14(15)5-8-17-13(19-14)18-11-12-4-3-7-16-10-12/h3-5,7-8,10H,6,9,11,15H2,1-2H3,(H2,17,18,19). The van der Waals surface area contributed by atoms with Crippen LogP contribution in [-0.2, 0) is 6.54 Å². The van der Waals surface area contributed by atoms with Crippen molar-refractivity contribution in [2.45, 2.75) is 18.6 Å². The molecule has 4 N–H and O–H groups in total. The number of hydrogen-bond donors (Lipinski definition) is 3. The van der Waals surface area contributed by atoms with Gasteiger partial charge in [-0.3, -0.25) is 4.98 Å². The third kappa shape index (κ3) is 4.32. The zero-order valence-electron chi connectivity index (χ0n) is 12.0. The van der Waals surface area contributed by atoms with Crippen LogP contribution in [0.2, 0.25) is 0 Å². The van der Waals surface area contributed by atoms with Gasteiger partial charge in [0.1, 0.15) is 5.66 Å². The smallest absolute Gasteiger partial charge is 0.197 e. The Morgan fingerprint density at radius 3 is 3.00 bits per heavy atom. The molecule has 0 saturated heterocycles. The number of nitrogens with one attached hydrogen (secondary N) is 2. The predicted octanol–water partition coefficient (Wildman–Crippen LogP) is 0.251. The van der Waals surface area contributed by atoms with E-state index in [4.69, 9.17) is 5.73 Å². The highest BCUT2D eigenvalue weighted by molar-refractivity contribution is 5.82. The quantitative estimate of drug-likeness (QED) is 0.717. The first kappa shape index (κ1) is 14.5. The van der Waals surface area contributed by atoms with E-state index in [1.807, 2.05) is 44.7 Å². The second-order valence-corrected chi connectivity index (χ2v) is 5.22. The minimum atomic E-state index is -0.552. The molecular formula is C14H22N6. The summed E-state index contributed by atoms with van der Waals surface area (Å²) in [6.45, 7) is 1.48. The Labute approximate surface area is 119 Å². The molecule has 1 atom stereocenters. The third-order valence-corrected chi connectivity index (χ3v) is 3.07. The molecule has 0 radical (unpaired) electrons. The molecule has 2 heterocycles. The highest BCUT2D eigenvalue weighted by atomic mass is 15.3. The fourth-order valence-electron chi connectivity index (χ4n) is 1.87. The van der Waals surface area contributed by atoms with Crippen LogP contribution in [0.25, 0.3) is 0 Å². The van der Waals surface area contributed by atoms with Crippen LogP contribution in [0, 0.1) is 0 Å². The van der Waals surface area contributed by atoms with E-state index in [1.165, 1.54) is 0 Å². The first-order valence-electron chi connectivity index (χ1n) is 6.67. The molecule has 1 aliphatic heterocycles. The van der Waals surface area contributed by atoms with Crippen molar-refractivity contribution in [1.82, 2.24) is 20.5 Å². The van der Waals surface area contributed by atoms with Gasteiger partial charge in [0.25, 0.3) is 0 Å². The summed E-state index contributed by atoms with van der Waals surface area (Å²) in [6.07, 6.45) is 8.14. The van der Waals surface area contributed by atoms with Crippen molar-refractivity contribution in [1.29, 1.82) is 0 Å². The molecule has 0 aromatic carbocycles. The van der Waals surface area contributed by atoms with Gasteiger partial charge in [0.2, 0.25) is 0 Å². The van der Waals surface area contributed by atoms with Gasteiger partial charge in [-0.25, -0.2) is 4.99 Å². The summed E-state index contributed by atoms with van der Waals surface area (Å²) < 4.78 is 0. The lowest BCUT2D eigenvalue weighted by molar-refractivity contribution is 0.333. The molecule has 6 heteroatoms. The molecular weight excluding hydrogens is 252 g/mol. The van der Waals surface area contributed by atoms with Gasteiger partial charge in [0, 0.05) is 31.6 Å². The van der Waals surface area contributed by atoms with Gasteiger partial charge in [0.15, 0.2) is 5.96 Å². The van der Waals surface area contributed by atoms with Crippen LogP contribution >= 0.6 is 0 Å². The highest BCUT2D eigenvalue weighted by Gasteiger charge is 2.25. The number of aliphatic imine (C=N–C) groups is 1. The molecule has 108 valence electrons. The number of aromatic nitrogens is 1. The first-order chi connectivity index (χ1) is 9.57. The number of hydrogen-bond acceptors (Lipinski definition) is 4. The number of nitrogens with zero attached hydrogens (tertiary/aromatic N) is 3. The van der Waals surface area contributed by atoms with E-state index >= 15 is 0 Å². The summed E-state index contributed by atoms with van der Waals surface area (Å²) in [5, 5.41) is 6.31. The zero-order chi connectivity index (χ0) is 14.4. The van der Waals surface area contributed by atoms with Crippen LogP contribution in [0.4, 0.5) is 0 Å². The second-order valence-electron chi connectivity index (χ2n) is 5.22. The average molecular weight is 274 g/mol. The average Bonchev–Trinajstić information content (AvgIpc) is 2.44. The van der Waals surface area contributed by atoms with E-state index in [0.29, 0.717) is 12.5 Å². The maximum atomic E-state index is 6.31. The van der Waals surface area contributed by atoms with E-state index in [9.17, 15) is 0 Å². The lowest BCUT2D eigenvalue weighted by Gasteiger charge is -2.33. The monoisotopic (exact) mass is 274 g/mol. The summed E-state index contributed by atoms with van der Waals surface area (Å²) in [4.78, 5) is 10.7. The van der Waals surface area contributed by atoms with Crippen molar-refractivity contribution in [2.24, 2.45) is 10.7 Å². The summed E-state index contributed by atoms with van der Waals surface area (Å²) >= 11 is 0. The Bertz CT molecular complexity index is 482. The van der Waals surface area contributed by atoms with Gasteiger partial charge in [-0.15, -0.1) is 0 Å². The van der Waals surface area contributed by atoms with E-state index in [1.54, 1.807) is 6.20 Å². The SMILES string of the molecule is CN(C)CCC1(N)C=CNC(=NCc2cccnc2)N1. The van der Waals surface area contributed by atoms with Crippen molar-refractivity contribution in [2.75, 3.05) is 20.6 Å². The van der Waals surface area contributed by atoms with Gasteiger partial charge in [-0.05, 0) is 31.8 Å². The summed E-state index contributed by atoms with van der Waals surface area (Å²) in [6, 6.07) is 3.90. The molecule has 6 nitrogen and oxygen atoms in total. The van der Waals surface area contributed by atoms with E-state index in [0.717, 1.165) is 18.5 Å². The third-order valence-electron chi connectivity index (χ3n) is 3.07. The zero-order valence-corrected chi connectivity index (χ0v) is 12.0. The second kappa shape index (κ2) is 6.49. The Morgan fingerprint density at radius 1 is 1.45 bits per heavy atom. The Balaban J connectivity index is 1.96. The largest absolute Gasteiger partial charge is 0.335 e. The summed E-state index contributed by atoms with van der Waals surface area (Å²) in [5.74, 6) is 0.692. The Morgan fingerprint density at radius 2 is 2.30 bits per heavy atom. The normalized spacial score (nSPS) is 23.7.